The lowest BCUT2D eigenvalue weighted by Gasteiger charge is -2.29. The second kappa shape index (κ2) is 4.66. The van der Waals surface area contributed by atoms with Gasteiger partial charge in [0.15, 0.2) is 0 Å². The molecule has 1 aliphatic heterocycles. The van der Waals surface area contributed by atoms with Gasteiger partial charge in [-0.3, -0.25) is 5.84 Å². The van der Waals surface area contributed by atoms with Gasteiger partial charge in [0, 0.05) is 13.1 Å². The number of hydrogen-bond acceptors (Lipinski definition) is 2. The van der Waals surface area contributed by atoms with Gasteiger partial charge in [-0.2, -0.15) is 13.2 Å². The number of halogens is 3. The predicted molar refractivity (Wildman–Crippen MR) is 59.2 cm³/mol. The fourth-order valence-electron chi connectivity index (χ4n) is 2.25. The molecule has 1 aromatic carbocycles. The molecular formula is C12H15F3N2. The molecule has 1 unspecified atom stereocenters. The van der Waals surface area contributed by atoms with Gasteiger partial charge >= 0.3 is 6.18 Å². The first-order valence-corrected chi connectivity index (χ1v) is 5.63. The van der Waals surface area contributed by atoms with Crippen molar-refractivity contribution < 1.29 is 13.2 Å². The molecule has 2 N–H and O–H groups in total. The second-order valence-corrected chi connectivity index (χ2v) is 4.46. The minimum Gasteiger partial charge on any atom is -0.269 e. The highest BCUT2D eigenvalue weighted by atomic mass is 19.4. The molecule has 0 aliphatic carbocycles. The van der Waals surface area contributed by atoms with Gasteiger partial charge in [-0.15, -0.1) is 0 Å². The van der Waals surface area contributed by atoms with Crippen molar-refractivity contribution in [2.45, 2.75) is 24.9 Å². The Hall–Kier alpha value is -1.07. The van der Waals surface area contributed by atoms with Gasteiger partial charge in [0.1, 0.15) is 0 Å². The minimum atomic E-state index is -4.27. The predicted octanol–water partition coefficient (Wildman–Crippen LogP) is 2.76. The van der Waals surface area contributed by atoms with E-state index in [2.05, 4.69) is 0 Å². The Bertz CT molecular complexity index is 390. The molecule has 0 bridgehead atoms. The van der Waals surface area contributed by atoms with Gasteiger partial charge in [0.25, 0.3) is 0 Å². The van der Waals surface area contributed by atoms with E-state index < -0.39 is 11.7 Å². The number of nitrogens with two attached hydrogens (primary N) is 1. The van der Waals surface area contributed by atoms with E-state index in [0.717, 1.165) is 31.0 Å². The quantitative estimate of drug-likeness (QED) is 0.770. The first kappa shape index (κ1) is 12.4. The zero-order chi connectivity index (χ0) is 12.5. The lowest BCUT2D eigenvalue weighted by Crippen LogP contribution is -2.39. The number of alkyl halides is 3. The fraction of sp³-hybridized carbons (Fsp3) is 0.500. The van der Waals surface area contributed by atoms with E-state index in [1.54, 1.807) is 11.1 Å². The third kappa shape index (κ3) is 2.98. The molecule has 0 spiro atoms. The average Bonchev–Trinajstić information content (AvgIpc) is 2.28. The van der Waals surface area contributed by atoms with Crippen LogP contribution in [0.3, 0.4) is 0 Å². The Balaban J connectivity index is 2.21. The lowest BCUT2D eigenvalue weighted by molar-refractivity contribution is -0.137. The molecule has 1 fully saturated rings. The summed E-state index contributed by atoms with van der Waals surface area (Å²) in [6.45, 7) is 1.44. The summed E-state index contributed by atoms with van der Waals surface area (Å²) in [7, 11) is 0. The van der Waals surface area contributed by atoms with E-state index in [9.17, 15) is 13.2 Å². The maximum atomic E-state index is 12.6. The molecule has 0 radical (unpaired) electrons. The SMILES string of the molecule is NN1CCCC(c2cccc(C(F)(F)F)c2)C1. The van der Waals surface area contributed by atoms with Crippen LogP contribution >= 0.6 is 0 Å². The largest absolute Gasteiger partial charge is 0.416 e. The molecule has 2 rings (SSSR count). The standard InChI is InChI=1S/C12H15F3N2/c13-12(14,15)11-5-1-3-9(7-11)10-4-2-6-17(16)8-10/h1,3,5,7,10H,2,4,6,8,16H2. The summed E-state index contributed by atoms with van der Waals surface area (Å²) in [6.07, 6.45) is -2.44. The number of hydrazine groups is 1. The maximum Gasteiger partial charge on any atom is 0.416 e. The smallest absolute Gasteiger partial charge is 0.269 e. The van der Waals surface area contributed by atoms with Crippen molar-refractivity contribution in [2.75, 3.05) is 13.1 Å². The molecule has 94 valence electrons. The minimum absolute atomic E-state index is 0.107. The summed E-state index contributed by atoms with van der Waals surface area (Å²) in [5, 5.41) is 1.68. The van der Waals surface area contributed by atoms with Gasteiger partial charge in [-0.25, -0.2) is 5.01 Å². The zero-order valence-corrected chi connectivity index (χ0v) is 9.37. The number of piperidine rings is 1. The van der Waals surface area contributed by atoms with Crippen molar-refractivity contribution in [3.63, 3.8) is 0 Å². The average molecular weight is 244 g/mol. The van der Waals surface area contributed by atoms with Crippen molar-refractivity contribution in [1.29, 1.82) is 0 Å². The normalized spacial score (nSPS) is 22.7. The van der Waals surface area contributed by atoms with Crippen LogP contribution in [0.1, 0.15) is 29.9 Å². The zero-order valence-electron chi connectivity index (χ0n) is 9.37. The van der Waals surface area contributed by atoms with Crippen molar-refractivity contribution >= 4 is 0 Å². The van der Waals surface area contributed by atoms with Crippen LogP contribution in [0.5, 0.6) is 0 Å². The maximum absolute atomic E-state index is 12.6. The van der Waals surface area contributed by atoms with E-state index in [4.69, 9.17) is 5.84 Å². The first-order chi connectivity index (χ1) is 7.97. The molecule has 0 aromatic heterocycles. The molecule has 1 aliphatic rings. The second-order valence-electron chi connectivity index (χ2n) is 4.46. The summed E-state index contributed by atoms with van der Waals surface area (Å²) < 4.78 is 37.7. The molecule has 1 saturated heterocycles. The van der Waals surface area contributed by atoms with E-state index >= 15 is 0 Å². The van der Waals surface area contributed by atoms with E-state index in [1.807, 2.05) is 0 Å². The van der Waals surface area contributed by atoms with Crippen LogP contribution in [-0.4, -0.2) is 18.1 Å². The highest BCUT2D eigenvalue weighted by Crippen LogP contribution is 2.33. The Kier molecular flexibility index (Phi) is 3.40. The molecule has 0 saturated carbocycles. The van der Waals surface area contributed by atoms with Crippen molar-refractivity contribution in [3.05, 3.63) is 35.4 Å². The van der Waals surface area contributed by atoms with Gasteiger partial charge < -0.3 is 0 Å². The number of rotatable bonds is 1. The topological polar surface area (TPSA) is 29.3 Å². The molecule has 2 nitrogen and oxygen atoms in total. The van der Waals surface area contributed by atoms with Crippen LogP contribution in [0.15, 0.2) is 24.3 Å². The Morgan fingerprint density at radius 2 is 2.06 bits per heavy atom. The van der Waals surface area contributed by atoms with Crippen LogP contribution in [0, 0.1) is 0 Å². The fourth-order valence-corrected chi connectivity index (χ4v) is 2.25. The highest BCUT2D eigenvalue weighted by molar-refractivity contribution is 5.28. The summed E-state index contributed by atoms with van der Waals surface area (Å²) in [4.78, 5) is 0. The first-order valence-electron chi connectivity index (χ1n) is 5.63. The summed E-state index contributed by atoms with van der Waals surface area (Å²) in [5.41, 5.74) is 0.152. The molecule has 17 heavy (non-hydrogen) atoms. The summed E-state index contributed by atoms with van der Waals surface area (Å²) >= 11 is 0. The number of benzene rings is 1. The van der Waals surface area contributed by atoms with Crippen LogP contribution in [-0.2, 0) is 6.18 Å². The van der Waals surface area contributed by atoms with Crippen molar-refractivity contribution in [1.82, 2.24) is 5.01 Å². The highest BCUT2D eigenvalue weighted by Gasteiger charge is 2.31. The van der Waals surface area contributed by atoms with Crippen LogP contribution in [0.25, 0.3) is 0 Å². The molecule has 1 atom stereocenters. The molecule has 0 amide bonds. The Labute approximate surface area is 98.2 Å². The van der Waals surface area contributed by atoms with Crippen molar-refractivity contribution in [2.24, 2.45) is 5.84 Å². The molecule has 1 aromatic rings. The molecular weight excluding hydrogens is 229 g/mol. The monoisotopic (exact) mass is 244 g/mol. The summed E-state index contributed by atoms with van der Waals surface area (Å²) in [6, 6.07) is 5.56. The Morgan fingerprint density at radius 1 is 1.29 bits per heavy atom. The van der Waals surface area contributed by atoms with Gasteiger partial charge in [0.2, 0.25) is 0 Å². The molecule has 1 heterocycles. The third-order valence-electron chi connectivity index (χ3n) is 3.14. The van der Waals surface area contributed by atoms with Gasteiger partial charge in [0.05, 0.1) is 5.56 Å². The van der Waals surface area contributed by atoms with E-state index in [-0.39, 0.29) is 5.92 Å². The van der Waals surface area contributed by atoms with Crippen LogP contribution < -0.4 is 5.84 Å². The van der Waals surface area contributed by atoms with Gasteiger partial charge in [-0.1, -0.05) is 18.2 Å². The number of nitrogens with zero attached hydrogens (tertiary/aromatic N) is 1. The van der Waals surface area contributed by atoms with Crippen molar-refractivity contribution in [3.8, 4) is 0 Å². The van der Waals surface area contributed by atoms with E-state index in [0.29, 0.717) is 6.54 Å². The van der Waals surface area contributed by atoms with Crippen LogP contribution in [0.4, 0.5) is 13.2 Å². The third-order valence-corrected chi connectivity index (χ3v) is 3.14. The van der Waals surface area contributed by atoms with E-state index in [1.165, 1.54) is 12.1 Å². The van der Waals surface area contributed by atoms with Gasteiger partial charge in [-0.05, 0) is 30.4 Å². The Morgan fingerprint density at radius 3 is 2.71 bits per heavy atom. The molecule has 5 heteroatoms. The lowest BCUT2D eigenvalue weighted by atomic mass is 9.90. The summed E-state index contributed by atoms with van der Waals surface area (Å²) in [5.74, 6) is 5.80. The number of hydrogen-bond donors (Lipinski definition) is 1. The van der Waals surface area contributed by atoms with Crippen LogP contribution in [0.2, 0.25) is 0 Å².